The molecule has 1 saturated heterocycles. The van der Waals surface area contributed by atoms with Gasteiger partial charge in [0.15, 0.2) is 5.96 Å². The molecule has 0 atom stereocenters. The number of ether oxygens (including phenoxy) is 1. The van der Waals surface area contributed by atoms with Gasteiger partial charge in [-0.1, -0.05) is 59.8 Å². The predicted molar refractivity (Wildman–Crippen MR) is 140 cm³/mol. The summed E-state index contributed by atoms with van der Waals surface area (Å²) >= 11 is 0. The fourth-order valence-electron chi connectivity index (χ4n) is 3.87. The van der Waals surface area contributed by atoms with Gasteiger partial charge in [0.05, 0.1) is 18.9 Å². The van der Waals surface area contributed by atoms with Gasteiger partial charge in [-0.3, -0.25) is 9.89 Å². The van der Waals surface area contributed by atoms with E-state index in [4.69, 9.17) is 9.26 Å². The fraction of sp³-hybridized carbons (Fsp3) is 0.360. The molecule has 2 heterocycles. The van der Waals surface area contributed by atoms with Crippen molar-refractivity contribution in [2.75, 3.05) is 33.2 Å². The summed E-state index contributed by atoms with van der Waals surface area (Å²) in [5, 5.41) is 7.52. The second kappa shape index (κ2) is 13.3. The summed E-state index contributed by atoms with van der Waals surface area (Å²) in [7, 11) is 1.85. The van der Waals surface area contributed by atoms with Gasteiger partial charge in [0.25, 0.3) is 0 Å². The minimum absolute atomic E-state index is 0. The number of guanidine groups is 1. The Bertz CT molecular complexity index is 973. The van der Waals surface area contributed by atoms with Crippen LogP contribution in [0.2, 0.25) is 0 Å². The number of hydrogen-bond donors (Lipinski definition) is 1. The van der Waals surface area contributed by atoms with Crippen molar-refractivity contribution in [3.63, 3.8) is 0 Å². The number of piperazine rings is 1. The lowest BCUT2D eigenvalue weighted by Crippen LogP contribution is -2.52. The minimum Gasteiger partial charge on any atom is -0.372 e. The van der Waals surface area contributed by atoms with Gasteiger partial charge in [-0.25, -0.2) is 0 Å². The van der Waals surface area contributed by atoms with E-state index >= 15 is 0 Å². The number of aromatic nitrogens is 1. The van der Waals surface area contributed by atoms with Crippen molar-refractivity contribution < 1.29 is 9.26 Å². The van der Waals surface area contributed by atoms with Crippen LogP contribution in [0.15, 0.2) is 76.4 Å². The van der Waals surface area contributed by atoms with Crippen LogP contribution in [-0.2, 0) is 31.0 Å². The molecular formula is C25H32IN5O2. The Morgan fingerprint density at radius 2 is 1.70 bits per heavy atom. The van der Waals surface area contributed by atoms with Crippen LogP contribution in [-0.4, -0.2) is 54.1 Å². The Hall–Kier alpha value is -2.43. The third kappa shape index (κ3) is 7.83. The van der Waals surface area contributed by atoms with Crippen LogP contribution in [0.3, 0.4) is 0 Å². The van der Waals surface area contributed by atoms with Gasteiger partial charge in [0, 0.05) is 52.4 Å². The van der Waals surface area contributed by atoms with E-state index in [-0.39, 0.29) is 24.0 Å². The van der Waals surface area contributed by atoms with Crippen LogP contribution in [0, 0.1) is 0 Å². The lowest BCUT2D eigenvalue weighted by atomic mass is 10.1. The Kier molecular flexibility index (Phi) is 10.2. The average Bonchev–Trinajstić information content (AvgIpc) is 3.35. The largest absolute Gasteiger partial charge is 0.372 e. The maximum Gasteiger partial charge on any atom is 0.194 e. The van der Waals surface area contributed by atoms with Crippen LogP contribution in [0.4, 0.5) is 0 Å². The highest BCUT2D eigenvalue weighted by molar-refractivity contribution is 14.0. The fourth-order valence-corrected chi connectivity index (χ4v) is 3.87. The van der Waals surface area contributed by atoms with Gasteiger partial charge in [-0.05, 0) is 16.7 Å². The van der Waals surface area contributed by atoms with E-state index in [0.717, 1.165) is 50.9 Å². The van der Waals surface area contributed by atoms with Gasteiger partial charge in [0.1, 0.15) is 6.26 Å². The van der Waals surface area contributed by atoms with E-state index in [0.29, 0.717) is 13.2 Å². The molecule has 0 unspecified atom stereocenters. The summed E-state index contributed by atoms with van der Waals surface area (Å²) < 4.78 is 10.8. The summed E-state index contributed by atoms with van der Waals surface area (Å²) in [6.45, 7) is 6.61. The molecule has 176 valence electrons. The number of benzene rings is 2. The Labute approximate surface area is 212 Å². The van der Waals surface area contributed by atoms with E-state index in [1.165, 1.54) is 16.7 Å². The van der Waals surface area contributed by atoms with Crippen LogP contribution >= 0.6 is 24.0 Å². The van der Waals surface area contributed by atoms with Crippen LogP contribution < -0.4 is 5.32 Å². The molecule has 1 aromatic heterocycles. The zero-order chi connectivity index (χ0) is 22.0. The molecule has 0 radical (unpaired) electrons. The standard InChI is InChI=1S/C25H31N5O2.HI/c1-26-25(30-13-11-29(12-14-30)18-24-10-15-32-28-24)27-17-22-8-5-9-23(16-22)20-31-19-21-6-3-2-4-7-21;/h2-10,15-16H,11-14,17-20H2,1H3,(H,26,27);1H. The van der Waals surface area contributed by atoms with E-state index in [9.17, 15) is 0 Å². The summed E-state index contributed by atoms with van der Waals surface area (Å²) in [5.41, 5.74) is 4.57. The molecule has 3 aromatic rings. The predicted octanol–water partition coefficient (Wildman–Crippen LogP) is 3.90. The first-order valence-electron chi connectivity index (χ1n) is 11.1. The van der Waals surface area contributed by atoms with E-state index in [1.54, 1.807) is 6.26 Å². The highest BCUT2D eigenvalue weighted by Gasteiger charge is 2.20. The molecular weight excluding hydrogens is 529 g/mol. The van der Waals surface area contributed by atoms with Crippen molar-refractivity contribution in [3.8, 4) is 0 Å². The smallest absolute Gasteiger partial charge is 0.194 e. The number of aliphatic imine (C=N–C) groups is 1. The summed E-state index contributed by atoms with van der Waals surface area (Å²) in [6, 6.07) is 20.7. The van der Waals surface area contributed by atoms with Crippen molar-refractivity contribution in [2.24, 2.45) is 4.99 Å². The van der Waals surface area contributed by atoms with Crippen molar-refractivity contribution >= 4 is 29.9 Å². The second-order valence-electron chi connectivity index (χ2n) is 7.95. The van der Waals surface area contributed by atoms with Crippen molar-refractivity contribution in [2.45, 2.75) is 26.3 Å². The molecule has 0 bridgehead atoms. The van der Waals surface area contributed by atoms with E-state index in [2.05, 4.69) is 61.7 Å². The highest BCUT2D eigenvalue weighted by atomic mass is 127. The van der Waals surface area contributed by atoms with Crippen LogP contribution in [0.5, 0.6) is 0 Å². The molecule has 0 spiro atoms. The molecule has 1 aliphatic rings. The number of hydrogen-bond acceptors (Lipinski definition) is 5. The van der Waals surface area contributed by atoms with Crippen LogP contribution in [0.1, 0.15) is 22.4 Å². The zero-order valence-electron chi connectivity index (χ0n) is 19.0. The first-order chi connectivity index (χ1) is 15.8. The number of halogens is 1. The van der Waals surface area contributed by atoms with Crippen molar-refractivity contribution in [3.05, 3.63) is 89.3 Å². The van der Waals surface area contributed by atoms with Crippen molar-refractivity contribution in [1.29, 1.82) is 0 Å². The van der Waals surface area contributed by atoms with Gasteiger partial charge in [-0.2, -0.15) is 0 Å². The molecule has 0 amide bonds. The molecule has 33 heavy (non-hydrogen) atoms. The second-order valence-corrected chi connectivity index (χ2v) is 7.95. The van der Waals surface area contributed by atoms with Crippen LogP contribution in [0.25, 0.3) is 0 Å². The summed E-state index contributed by atoms with van der Waals surface area (Å²) in [6.07, 6.45) is 1.63. The minimum atomic E-state index is 0. The van der Waals surface area contributed by atoms with Gasteiger partial charge >= 0.3 is 0 Å². The molecule has 1 fully saturated rings. The maximum atomic E-state index is 5.88. The molecule has 8 heteroatoms. The SMILES string of the molecule is CN=C(NCc1cccc(COCc2ccccc2)c1)N1CCN(Cc2ccon2)CC1.I. The Morgan fingerprint density at radius 1 is 0.970 bits per heavy atom. The number of rotatable bonds is 8. The first kappa shape index (κ1) is 25.2. The molecule has 2 aromatic carbocycles. The molecule has 0 aliphatic carbocycles. The van der Waals surface area contributed by atoms with Gasteiger partial charge in [0.2, 0.25) is 0 Å². The quantitative estimate of drug-likeness (QED) is 0.256. The molecule has 0 saturated carbocycles. The summed E-state index contributed by atoms with van der Waals surface area (Å²) in [4.78, 5) is 9.20. The van der Waals surface area contributed by atoms with Gasteiger partial charge in [-0.15, -0.1) is 24.0 Å². The first-order valence-corrected chi connectivity index (χ1v) is 11.1. The van der Waals surface area contributed by atoms with E-state index in [1.807, 2.05) is 31.3 Å². The average molecular weight is 561 g/mol. The monoisotopic (exact) mass is 561 g/mol. The molecule has 4 rings (SSSR count). The maximum absolute atomic E-state index is 5.88. The third-order valence-electron chi connectivity index (χ3n) is 5.58. The summed E-state index contributed by atoms with van der Waals surface area (Å²) in [5.74, 6) is 0.941. The van der Waals surface area contributed by atoms with Gasteiger partial charge < -0.3 is 19.5 Å². The normalized spacial score (nSPS) is 14.7. The van der Waals surface area contributed by atoms with Crippen molar-refractivity contribution in [1.82, 2.24) is 20.3 Å². The molecule has 7 nitrogen and oxygen atoms in total. The number of nitrogens with one attached hydrogen (secondary N) is 1. The Balaban J connectivity index is 0.00000306. The lowest BCUT2D eigenvalue weighted by Gasteiger charge is -2.36. The van der Waals surface area contributed by atoms with E-state index < -0.39 is 0 Å². The topological polar surface area (TPSA) is 66.1 Å². The third-order valence-corrected chi connectivity index (χ3v) is 5.58. The molecule has 1 aliphatic heterocycles. The highest BCUT2D eigenvalue weighted by Crippen LogP contribution is 2.10. The zero-order valence-corrected chi connectivity index (χ0v) is 21.4. The number of nitrogens with zero attached hydrogens (tertiary/aromatic N) is 4. The Morgan fingerprint density at radius 3 is 2.42 bits per heavy atom. The molecule has 1 N–H and O–H groups in total. The lowest BCUT2D eigenvalue weighted by molar-refractivity contribution is 0.107.